The third kappa shape index (κ3) is 6.68. The summed E-state index contributed by atoms with van der Waals surface area (Å²) < 4.78 is 5.84. The Balaban J connectivity index is 1.27. The van der Waals surface area contributed by atoms with Crippen molar-refractivity contribution < 1.29 is 19.1 Å². The van der Waals surface area contributed by atoms with Crippen molar-refractivity contribution in [3.8, 4) is 5.88 Å². The van der Waals surface area contributed by atoms with Gasteiger partial charge in [-0.2, -0.15) is 0 Å². The first-order valence-corrected chi connectivity index (χ1v) is 14.1. The minimum Gasteiger partial charge on any atom is -0.473 e. The zero-order valence-corrected chi connectivity index (χ0v) is 23.8. The highest BCUT2D eigenvalue weighted by Gasteiger charge is 2.37. The Hall–Kier alpha value is -4.92. The molecule has 9 heteroatoms. The molecule has 2 aromatic carbocycles. The first-order chi connectivity index (χ1) is 20.4. The van der Waals surface area contributed by atoms with Crippen LogP contribution in [0.25, 0.3) is 17.0 Å². The number of rotatable bonds is 10. The minimum atomic E-state index is -0.757. The predicted octanol–water partition coefficient (Wildman–Crippen LogP) is 4.31. The van der Waals surface area contributed by atoms with E-state index in [9.17, 15) is 14.4 Å². The van der Waals surface area contributed by atoms with Crippen LogP contribution in [0.15, 0.2) is 85.3 Å². The van der Waals surface area contributed by atoms with E-state index in [1.807, 2.05) is 72.9 Å². The van der Waals surface area contributed by atoms with E-state index >= 15 is 0 Å². The Kier molecular flexibility index (Phi) is 8.96. The highest BCUT2D eigenvalue weighted by atomic mass is 16.5. The van der Waals surface area contributed by atoms with Gasteiger partial charge >= 0.3 is 0 Å². The van der Waals surface area contributed by atoms with Crippen molar-refractivity contribution in [2.45, 2.75) is 44.9 Å². The van der Waals surface area contributed by atoms with Crippen molar-refractivity contribution in [1.29, 1.82) is 0 Å². The molecule has 3 heterocycles. The number of pyridine rings is 1. The highest BCUT2D eigenvalue weighted by Crippen LogP contribution is 2.23. The monoisotopic (exact) mass is 565 g/mol. The number of likely N-dealkylation sites (N-methyl/N-ethyl adjacent to an activating group) is 1. The number of carbonyl (C=O) groups is 3. The maximum Gasteiger partial charge on any atom is 0.247 e. The second-order valence-corrected chi connectivity index (χ2v) is 10.5. The van der Waals surface area contributed by atoms with Crippen molar-refractivity contribution >= 4 is 34.7 Å². The van der Waals surface area contributed by atoms with Gasteiger partial charge in [-0.15, -0.1) is 0 Å². The Bertz CT molecular complexity index is 1570. The lowest BCUT2D eigenvalue weighted by Crippen LogP contribution is -2.53. The second-order valence-electron chi connectivity index (χ2n) is 10.5. The number of carbonyl (C=O) groups excluding carboxylic acids is 3. The number of aromatic amines is 1. The van der Waals surface area contributed by atoms with Crippen LogP contribution in [0.3, 0.4) is 0 Å². The number of H-pyrrole nitrogens is 1. The van der Waals surface area contributed by atoms with Gasteiger partial charge in [-0.3, -0.25) is 14.4 Å². The maximum absolute atomic E-state index is 13.5. The predicted molar refractivity (Wildman–Crippen MR) is 161 cm³/mol. The van der Waals surface area contributed by atoms with Crippen molar-refractivity contribution in [2.24, 2.45) is 0 Å². The van der Waals surface area contributed by atoms with Gasteiger partial charge in [0, 0.05) is 62.5 Å². The summed E-state index contributed by atoms with van der Waals surface area (Å²) in [6.45, 7) is 2.45. The van der Waals surface area contributed by atoms with Gasteiger partial charge in [-0.25, -0.2) is 4.98 Å². The average molecular weight is 566 g/mol. The third-order valence-electron chi connectivity index (χ3n) is 7.62. The molecular weight excluding hydrogens is 530 g/mol. The fraction of sp³-hybridized carbons (Fsp3) is 0.273. The summed E-state index contributed by atoms with van der Waals surface area (Å²) in [5, 5.41) is 3.74. The third-order valence-corrected chi connectivity index (χ3v) is 7.62. The zero-order valence-electron chi connectivity index (χ0n) is 23.8. The maximum atomic E-state index is 13.5. The lowest BCUT2D eigenvalue weighted by Gasteiger charge is -2.32. The molecular formula is C33H35N5O4. The van der Waals surface area contributed by atoms with Gasteiger partial charge in [-0.1, -0.05) is 60.7 Å². The molecule has 0 aliphatic carbocycles. The van der Waals surface area contributed by atoms with E-state index in [4.69, 9.17) is 4.74 Å². The first kappa shape index (κ1) is 28.6. The van der Waals surface area contributed by atoms with Gasteiger partial charge in [0.15, 0.2) is 0 Å². The number of likely N-dealkylation sites (tertiary alicyclic amines) is 1. The van der Waals surface area contributed by atoms with Crippen LogP contribution in [0.4, 0.5) is 0 Å². The van der Waals surface area contributed by atoms with Crippen LogP contribution >= 0.6 is 0 Å². The lowest BCUT2D eigenvalue weighted by atomic mass is 10.0. The molecule has 2 atom stereocenters. The van der Waals surface area contributed by atoms with Crippen molar-refractivity contribution in [1.82, 2.24) is 25.1 Å². The van der Waals surface area contributed by atoms with Gasteiger partial charge in [0.2, 0.25) is 23.6 Å². The summed E-state index contributed by atoms with van der Waals surface area (Å²) in [6, 6.07) is 20.0. The van der Waals surface area contributed by atoms with E-state index in [-0.39, 0.29) is 17.7 Å². The molecule has 1 aliphatic rings. The minimum absolute atomic E-state index is 0.130. The summed E-state index contributed by atoms with van der Waals surface area (Å²) in [5.41, 5.74) is 3.70. The van der Waals surface area contributed by atoms with E-state index in [2.05, 4.69) is 15.3 Å². The molecule has 0 bridgehead atoms. The number of nitrogens with zero attached hydrogens (tertiary/aromatic N) is 3. The number of hydrogen-bond acceptors (Lipinski definition) is 5. The van der Waals surface area contributed by atoms with Crippen LogP contribution in [-0.2, 0) is 27.4 Å². The number of hydrogen-bond donors (Lipinski definition) is 2. The van der Waals surface area contributed by atoms with Crippen LogP contribution in [0.5, 0.6) is 5.88 Å². The zero-order chi connectivity index (χ0) is 29.5. The van der Waals surface area contributed by atoms with Gasteiger partial charge in [-0.05, 0) is 30.0 Å². The molecule has 3 amide bonds. The summed E-state index contributed by atoms with van der Waals surface area (Å²) >= 11 is 0. The summed E-state index contributed by atoms with van der Waals surface area (Å²) in [6.07, 6.45) is 8.65. The molecule has 9 nitrogen and oxygen atoms in total. The summed E-state index contributed by atoms with van der Waals surface area (Å²) in [4.78, 5) is 49.8. The number of nitrogens with one attached hydrogen (secondary N) is 2. The van der Waals surface area contributed by atoms with Crippen LogP contribution in [0.1, 0.15) is 36.5 Å². The van der Waals surface area contributed by atoms with E-state index in [0.717, 1.165) is 34.0 Å². The van der Waals surface area contributed by atoms with E-state index in [1.165, 1.54) is 11.8 Å². The van der Waals surface area contributed by atoms with Gasteiger partial charge in [0.05, 0.1) is 5.52 Å². The first-order valence-electron chi connectivity index (χ1n) is 14.1. The number of aromatic nitrogens is 2. The Morgan fingerprint density at radius 1 is 1.12 bits per heavy atom. The average Bonchev–Trinajstić information content (AvgIpc) is 3.67. The molecule has 2 unspecified atom stereocenters. The summed E-state index contributed by atoms with van der Waals surface area (Å²) in [7, 11) is 1.64. The van der Waals surface area contributed by atoms with E-state index in [0.29, 0.717) is 31.9 Å². The molecule has 4 aromatic rings. The van der Waals surface area contributed by atoms with Crippen LogP contribution in [0.2, 0.25) is 0 Å². The molecule has 1 aliphatic heterocycles. The number of ether oxygens (including phenoxy) is 1. The smallest absolute Gasteiger partial charge is 0.247 e. The molecule has 1 saturated heterocycles. The fourth-order valence-electron chi connectivity index (χ4n) is 5.31. The molecule has 5 rings (SSSR count). The highest BCUT2D eigenvalue weighted by molar-refractivity contribution is 5.93. The fourth-order valence-corrected chi connectivity index (χ4v) is 5.31. The Morgan fingerprint density at radius 2 is 1.83 bits per heavy atom. The normalized spacial score (nSPS) is 15.6. The molecule has 1 fully saturated rings. The second kappa shape index (κ2) is 13.2. The number of benzene rings is 2. The van der Waals surface area contributed by atoms with E-state index in [1.54, 1.807) is 30.4 Å². The Morgan fingerprint density at radius 3 is 2.55 bits per heavy atom. The van der Waals surface area contributed by atoms with E-state index < -0.39 is 12.1 Å². The molecule has 42 heavy (non-hydrogen) atoms. The largest absolute Gasteiger partial charge is 0.473 e. The van der Waals surface area contributed by atoms with Crippen LogP contribution in [-0.4, -0.2) is 63.2 Å². The molecule has 0 spiro atoms. The van der Waals surface area contributed by atoms with Crippen molar-refractivity contribution in [3.63, 3.8) is 0 Å². The molecule has 0 radical (unpaired) electrons. The summed E-state index contributed by atoms with van der Waals surface area (Å²) in [5.74, 6) is -0.155. The van der Waals surface area contributed by atoms with Crippen molar-refractivity contribution in [2.75, 3.05) is 13.6 Å². The molecule has 0 saturated carbocycles. The standard InChI is InChI=1S/C33H35N5O4/c1-23(39)38-17-9-14-29(38)33(41)37(2)30(18-24-10-5-3-6-11-24)32(40)34-16-15-26-20-35-28-19-31(36-21-27(26)28)42-22-25-12-7-4-8-13-25/h3-8,10-13,15-16,19-21,29-30,35H,9,14,17-18,22H2,1-2H3,(H,34,40)/b16-15-. The van der Waals surface area contributed by atoms with Crippen molar-refractivity contribution in [3.05, 3.63) is 102 Å². The number of fused-ring (bicyclic) bond motifs is 1. The van der Waals surface area contributed by atoms with Crippen LogP contribution in [0, 0.1) is 0 Å². The molecule has 216 valence electrons. The molecule has 2 aromatic heterocycles. The molecule has 2 N–H and O–H groups in total. The number of amides is 3. The van der Waals surface area contributed by atoms with Gasteiger partial charge in [0.1, 0.15) is 18.7 Å². The van der Waals surface area contributed by atoms with Gasteiger partial charge in [0.25, 0.3) is 0 Å². The van der Waals surface area contributed by atoms with Crippen LogP contribution < -0.4 is 10.1 Å². The topological polar surface area (TPSA) is 108 Å². The Labute approximate surface area is 245 Å². The lowest BCUT2D eigenvalue weighted by molar-refractivity contribution is -0.146. The van der Waals surface area contributed by atoms with Gasteiger partial charge < -0.3 is 24.8 Å². The SMILES string of the molecule is CC(=O)N1CCCC1C(=O)N(C)C(Cc1ccccc1)C(=O)N/C=C\c1c[nH]c2cc(OCc3ccccc3)ncc12. The quantitative estimate of drug-likeness (QED) is 0.298.